The molecular formula is C18H17N3O2S. The minimum absolute atomic E-state index is 0.0153. The molecule has 0 aliphatic carbocycles. The van der Waals surface area contributed by atoms with Crippen LogP contribution in [0.15, 0.2) is 47.6 Å². The molecule has 1 fully saturated rings. The number of rotatable bonds is 2. The van der Waals surface area contributed by atoms with Crippen LogP contribution >= 0.6 is 11.8 Å². The molecule has 1 aromatic carbocycles. The van der Waals surface area contributed by atoms with Crippen LogP contribution in [0.4, 0.5) is 0 Å². The predicted molar refractivity (Wildman–Crippen MR) is 93.5 cm³/mol. The van der Waals surface area contributed by atoms with Gasteiger partial charge in [0, 0.05) is 18.0 Å². The van der Waals surface area contributed by atoms with Crippen molar-refractivity contribution in [2.24, 2.45) is 4.99 Å². The van der Waals surface area contributed by atoms with Crippen LogP contribution in [0.3, 0.4) is 0 Å². The first kappa shape index (κ1) is 14.2. The quantitative estimate of drug-likeness (QED) is 0.839. The summed E-state index contributed by atoms with van der Waals surface area (Å²) in [5, 5.41) is 1.69. The monoisotopic (exact) mass is 339 g/mol. The summed E-state index contributed by atoms with van der Waals surface area (Å²) in [5.74, 6) is 1.64. The van der Waals surface area contributed by atoms with Crippen LogP contribution in [-0.2, 0) is 0 Å². The molecule has 24 heavy (non-hydrogen) atoms. The average molecular weight is 339 g/mol. The first-order valence-electron chi connectivity index (χ1n) is 8.11. The molecule has 0 spiro atoms. The number of aromatic nitrogens is 1. The fourth-order valence-corrected chi connectivity index (χ4v) is 4.67. The minimum atomic E-state index is 0.0153. The molecule has 3 aliphatic rings. The van der Waals surface area contributed by atoms with Gasteiger partial charge in [-0.05, 0) is 29.8 Å². The van der Waals surface area contributed by atoms with Gasteiger partial charge >= 0.3 is 0 Å². The van der Waals surface area contributed by atoms with Gasteiger partial charge < -0.3 is 14.4 Å². The molecule has 0 N–H and O–H groups in total. The number of pyridine rings is 1. The zero-order valence-corrected chi connectivity index (χ0v) is 14.1. The maximum atomic E-state index is 5.57. The SMILES string of the molecule is C[C@@H]1CN2C(=N[C@H](c3ccccn3)[C@@H]2c2ccc3c(c2)OCO3)S1. The number of nitrogens with zero attached hydrogens (tertiary/aromatic N) is 3. The first-order valence-corrected chi connectivity index (χ1v) is 8.99. The number of ether oxygens (including phenoxy) is 2. The van der Waals surface area contributed by atoms with E-state index in [-0.39, 0.29) is 12.1 Å². The summed E-state index contributed by atoms with van der Waals surface area (Å²) < 4.78 is 11.0. The molecule has 1 saturated heterocycles. The molecule has 0 saturated carbocycles. The van der Waals surface area contributed by atoms with Crippen molar-refractivity contribution in [2.75, 3.05) is 13.3 Å². The average Bonchev–Trinajstić information content (AvgIpc) is 3.28. The Bertz CT molecular complexity index is 811. The Morgan fingerprint density at radius 2 is 2.08 bits per heavy atom. The lowest BCUT2D eigenvalue weighted by Crippen LogP contribution is -2.28. The van der Waals surface area contributed by atoms with Crippen molar-refractivity contribution in [1.29, 1.82) is 0 Å². The van der Waals surface area contributed by atoms with E-state index in [1.54, 1.807) is 0 Å². The van der Waals surface area contributed by atoms with E-state index in [0.29, 0.717) is 12.0 Å². The third kappa shape index (κ3) is 2.17. The lowest BCUT2D eigenvalue weighted by Gasteiger charge is -2.27. The van der Waals surface area contributed by atoms with Crippen LogP contribution in [0.25, 0.3) is 0 Å². The fraction of sp³-hybridized carbons (Fsp3) is 0.333. The first-order chi connectivity index (χ1) is 11.8. The molecule has 0 amide bonds. The largest absolute Gasteiger partial charge is 0.454 e. The Kier molecular flexibility index (Phi) is 3.19. The number of amidine groups is 1. The maximum absolute atomic E-state index is 5.57. The number of hydrogen-bond donors (Lipinski definition) is 0. The van der Waals surface area contributed by atoms with Gasteiger partial charge in [-0.3, -0.25) is 9.98 Å². The summed E-state index contributed by atoms with van der Waals surface area (Å²) in [5.41, 5.74) is 2.21. The Labute approximate surface area is 144 Å². The zero-order chi connectivity index (χ0) is 16.1. The maximum Gasteiger partial charge on any atom is 0.231 e. The third-order valence-electron chi connectivity index (χ3n) is 4.62. The molecule has 122 valence electrons. The van der Waals surface area contributed by atoms with Crippen molar-refractivity contribution in [3.63, 3.8) is 0 Å². The Balaban J connectivity index is 1.58. The van der Waals surface area contributed by atoms with E-state index in [1.807, 2.05) is 36.2 Å². The molecule has 0 bridgehead atoms. The number of thioether (sulfide) groups is 1. The van der Waals surface area contributed by atoms with Gasteiger partial charge in [-0.25, -0.2) is 0 Å². The van der Waals surface area contributed by atoms with Gasteiger partial charge in [0.1, 0.15) is 6.04 Å². The number of benzene rings is 1. The molecule has 4 heterocycles. The summed E-state index contributed by atoms with van der Waals surface area (Å²) in [6.45, 7) is 3.55. The van der Waals surface area contributed by atoms with Gasteiger partial charge in [-0.1, -0.05) is 30.8 Å². The molecule has 1 aromatic heterocycles. The van der Waals surface area contributed by atoms with E-state index < -0.39 is 0 Å². The highest BCUT2D eigenvalue weighted by molar-refractivity contribution is 8.14. The van der Waals surface area contributed by atoms with Crippen LogP contribution in [0.5, 0.6) is 11.5 Å². The van der Waals surface area contributed by atoms with Crippen molar-refractivity contribution >= 4 is 16.9 Å². The highest BCUT2D eigenvalue weighted by atomic mass is 32.2. The van der Waals surface area contributed by atoms with Crippen molar-refractivity contribution < 1.29 is 9.47 Å². The molecule has 3 atom stereocenters. The Morgan fingerprint density at radius 3 is 2.96 bits per heavy atom. The molecule has 0 radical (unpaired) electrons. The van der Waals surface area contributed by atoms with Crippen LogP contribution in [0.2, 0.25) is 0 Å². The van der Waals surface area contributed by atoms with Gasteiger partial charge in [0.25, 0.3) is 0 Å². The summed E-state index contributed by atoms with van der Waals surface area (Å²) in [7, 11) is 0. The molecule has 0 unspecified atom stereocenters. The smallest absolute Gasteiger partial charge is 0.231 e. The van der Waals surface area contributed by atoms with Crippen LogP contribution in [0, 0.1) is 0 Å². The second-order valence-corrected chi connectivity index (χ2v) is 7.66. The van der Waals surface area contributed by atoms with Gasteiger partial charge in [0.15, 0.2) is 16.7 Å². The molecule has 6 heteroatoms. The van der Waals surface area contributed by atoms with Crippen LogP contribution in [0.1, 0.15) is 30.3 Å². The van der Waals surface area contributed by atoms with Gasteiger partial charge in [-0.15, -0.1) is 0 Å². The van der Waals surface area contributed by atoms with E-state index in [0.717, 1.165) is 28.9 Å². The summed E-state index contributed by atoms with van der Waals surface area (Å²) in [4.78, 5) is 12.0. The minimum Gasteiger partial charge on any atom is -0.454 e. The normalized spacial score (nSPS) is 27.3. The lowest BCUT2D eigenvalue weighted by molar-refractivity contribution is 0.174. The lowest BCUT2D eigenvalue weighted by atomic mass is 9.96. The topological polar surface area (TPSA) is 47.0 Å². The van der Waals surface area contributed by atoms with Gasteiger partial charge in [-0.2, -0.15) is 0 Å². The fourth-order valence-electron chi connectivity index (χ4n) is 3.58. The molecule has 2 aromatic rings. The number of hydrogen-bond acceptors (Lipinski definition) is 6. The number of fused-ring (bicyclic) bond motifs is 2. The Morgan fingerprint density at radius 1 is 1.17 bits per heavy atom. The van der Waals surface area contributed by atoms with Gasteiger partial charge in [0.2, 0.25) is 6.79 Å². The van der Waals surface area contributed by atoms with Crippen molar-refractivity contribution in [2.45, 2.75) is 24.3 Å². The molecular weight excluding hydrogens is 322 g/mol. The zero-order valence-electron chi connectivity index (χ0n) is 13.3. The Hall–Kier alpha value is -2.21. The van der Waals surface area contributed by atoms with E-state index >= 15 is 0 Å². The summed E-state index contributed by atoms with van der Waals surface area (Å²) in [6, 6.07) is 12.4. The number of aliphatic imine (C=N–C) groups is 1. The second kappa shape index (κ2) is 5.41. The van der Waals surface area contributed by atoms with Gasteiger partial charge in [0.05, 0.1) is 11.7 Å². The predicted octanol–water partition coefficient (Wildman–Crippen LogP) is 3.40. The van der Waals surface area contributed by atoms with Crippen LogP contribution < -0.4 is 9.47 Å². The summed E-state index contributed by atoms with van der Waals surface area (Å²) >= 11 is 1.85. The summed E-state index contributed by atoms with van der Waals surface area (Å²) in [6.07, 6.45) is 1.84. The molecule has 5 nitrogen and oxygen atoms in total. The van der Waals surface area contributed by atoms with E-state index in [2.05, 4.69) is 35.0 Å². The standard InChI is InChI=1S/C18H17N3O2S/c1-11-9-21-17(12-5-6-14-15(8-12)23-10-22-14)16(20-18(21)24-11)13-4-2-3-7-19-13/h2-8,11,16-17H,9-10H2,1H3/t11-,16-,17+/m1/s1. The molecule has 5 rings (SSSR count). The van der Waals surface area contributed by atoms with Crippen molar-refractivity contribution in [3.8, 4) is 11.5 Å². The van der Waals surface area contributed by atoms with E-state index in [1.165, 1.54) is 5.56 Å². The second-order valence-electron chi connectivity index (χ2n) is 6.25. The highest BCUT2D eigenvalue weighted by Crippen LogP contribution is 2.48. The van der Waals surface area contributed by atoms with Crippen molar-refractivity contribution in [1.82, 2.24) is 9.88 Å². The van der Waals surface area contributed by atoms with Crippen molar-refractivity contribution in [3.05, 3.63) is 53.9 Å². The van der Waals surface area contributed by atoms with E-state index in [9.17, 15) is 0 Å². The van der Waals surface area contributed by atoms with Crippen LogP contribution in [-0.4, -0.2) is 33.6 Å². The third-order valence-corrected chi connectivity index (χ3v) is 5.72. The van der Waals surface area contributed by atoms with E-state index in [4.69, 9.17) is 14.5 Å². The highest BCUT2D eigenvalue weighted by Gasteiger charge is 2.43. The molecule has 3 aliphatic heterocycles.